The van der Waals surface area contributed by atoms with Gasteiger partial charge in [-0.15, -0.1) is 0 Å². The summed E-state index contributed by atoms with van der Waals surface area (Å²) >= 11 is 0. The molecule has 3 heteroatoms. The maximum Gasteiger partial charge on any atom is 0.145 e. The van der Waals surface area contributed by atoms with E-state index in [2.05, 4.69) is 18.3 Å². The number of rotatable bonds is 4. The van der Waals surface area contributed by atoms with E-state index in [9.17, 15) is 5.11 Å². The van der Waals surface area contributed by atoms with Crippen LogP contribution in [0.3, 0.4) is 0 Å². The Morgan fingerprint density at radius 2 is 1.82 bits per heavy atom. The van der Waals surface area contributed by atoms with Gasteiger partial charge in [0.25, 0.3) is 0 Å². The Morgan fingerprint density at radius 3 is 2.29 bits per heavy atom. The van der Waals surface area contributed by atoms with Gasteiger partial charge < -0.3 is 15.2 Å². The maximum atomic E-state index is 9.33. The van der Waals surface area contributed by atoms with Crippen LogP contribution in [-0.4, -0.2) is 24.4 Å². The number of methoxy groups -OCH3 is 1. The molecule has 0 spiro atoms. The van der Waals surface area contributed by atoms with Crippen molar-refractivity contribution in [3.8, 4) is 5.75 Å². The van der Waals surface area contributed by atoms with Gasteiger partial charge in [-0.2, -0.15) is 0 Å². The lowest BCUT2D eigenvalue weighted by Gasteiger charge is -2.28. The smallest absolute Gasteiger partial charge is 0.145 e. The molecule has 0 radical (unpaired) electrons. The van der Waals surface area contributed by atoms with Crippen molar-refractivity contribution in [3.63, 3.8) is 0 Å². The van der Waals surface area contributed by atoms with Gasteiger partial charge in [0.15, 0.2) is 0 Å². The van der Waals surface area contributed by atoms with Crippen molar-refractivity contribution in [2.24, 2.45) is 0 Å². The van der Waals surface area contributed by atoms with Crippen molar-refractivity contribution in [3.05, 3.63) is 22.8 Å². The first-order valence-electron chi connectivity index (χ1n) is 5.86. The van der Waals surface area contributed by atoms with Crippen molar-refractivity contribution >= 4 is 5.69 Å². The topological polar surface area (TPSA) is 41.5 Å². The maximum absolute atomic E-state index is 9.33. The molecule has 0 saturated carbocycles. The van der Waals surface area contributed by atoms with Gasteiger partial charge in [0.05, 0.1) is 24.9 Å². The third-order valence-corrected chi connectivity index (χ3v) is 3.05. The van der Waals surface area contributed by atoms with Crippen molar-refractivity contribution < 1.29 is 9.84 Å². The second kappa shape index (κ2) is 4.96. The number of ether oxygens (including phenoxy) is 1. The fourth-order valence-electron chi connectivity index (χ4n) is 1.84. The van der Waals surface area contributed by atoms with Crippen LogP contribution in [-0.2, 0) is 0 Å². The van der Waals surface area contributed by atoms with Crippen LogP contribution in [0.5, 0.6) is 5.75 Å². The molecule has 1 aromatic rings. The van der Waals surface area contributed by atoms with E-state index in [1.165, 1.54) is 5.56 Å². The van der Waals surface area contributed by atoms with E-state index in [0.717, 1.165) is 22.6 Å². The van der Waals surface area contributed by atoms with Crippen molar-refractivity contribution in [2.45, 2.75) is 40.2 Å². The van der Waals surface area contributed by atoms with E-state index in [1.54, 1.807) is 7.11 Å². The lowest BCUT2D eigenvalue weighted by Crippen LogP contribution is -2.35. The lowest BCUT2D eigenvalue weighted by molar-refractivity contribution is 0.233. The zero-order chi connectivity index (χ0) is 13.2. The minimum absolute atomic E-state index is 0.0719. The van der Waals surface area contributed by atoms with E-state index in [4.69, 9.17) is 4.74 Å². The average molecular weight is 237 g/mol. The van der Waals surface area contributed by atoms with Crippen molar-refractivity contribution in [2.75, 3.05) is 19.0 Å². The van der Waals surface area contributed by atoms with Gasteiger partial charge in [-0.05, 0) is 51.3 Å². The minimum atomic E-state index is -0.361. The van der Waals surface area contributed by atoms with E-state index in [1.807, 2.05) is 27.7 Å². The Bertz CT molecular complexity index is 411. The fourth-order valence-corrected chi connectivity index (χ4v) is 1.84. The Balaban J connectivity index is 3.28. The van der Waals surface area contributed by atoms with Crippen LogP contribution in [0.1, 0.15) is 30.5 Å². The average Bonchev–Trinajstić information content (AvgIpc) is 2.26. The summed E-state index contributed by atoms with van der Waals surface area (Å²) < 4.78 is 5.48. The van der Waals surface area contributed by atoms with E-state index in [-0.39, 0.29) is 12.1 Å². The third-order valence-electron chi connectivity index (χ3n) is 3.05. The molecule has 0 atom stereocenters. The molecule has 2 N–H and O–H groups in total. The number of hydrogen-bond acceptors (Lipinski definition) is 3. The standard InChI is InChI=1S/C14H23NO2/c1-9-7-10(2)12(13(17-6)11(9)3)15-14(4,5)8-16/h7,15-16H,8H2,1-6H3. The highest BCUT2D eigenvalue weighted by atomic mass is 16.5. The fraction of sp³-hybridized carbons (Fsp3) is 0.571. The van der Waals surface area contributed by atoms with E-state index >= 15 is 0 Å². The number of aryl methyl sites for hydroxylation is 2. The number of anilines is 1. The normalized spacial score (nSPS) is 11.5. The van der Waals surface area contributed by atoms with E-state index < -0.39 is 0 Å². The molecule has 1 aromatic carbocycles. The first-order valence-corrected chi connectivity index (χ1v) is 5.86. The summed E-state index contributed by atoms with van der Waals surface area (Å²) in [6.45, 7) is 10.2. The van der Waals surface area contributed by atoms with Crippen LogP contribution in [0.4, 0.5) is 5.69 Å². The largest absolute Gasteiger partial charge is 0.494 e. The molecule has 0 saturated heterocycles. The SMILES string of the molecule is COc1c(C)c(C)cc(C)c1NC(C)(C)CO. The highest BCUT2D eigenvalue weighted by Crippen LogP contribution is 2.35. The summed E-state index contributed by atoms with van der Waals surface area (Å²) in [7, 11) is 1.68. The number of aliphatic hydroxyl groups excluding tert-OH is 1. The molecule has 1 rings (SSSR count). The lowest BCUT2D eigenvalue weighted by atomic mass is 10.00. The van der Waals surface area contributed by atoms with Crippen LogP contribution < -0.4 is 10.1 Å². The Hall–Kier alpha value is -1.22. The predicted octanol–water partition coefficient (Wildman–Crippen LogP) is 2.80. The second-order valence-corrected chi connectivity index (χ2v) is 5.21. The van der Waals surface area contributed by atoms with Crippen LogP contribution in [0.25, 0.3) is 0 Å². The minimum Gasteiger partial charge on any atom is -0.494 e. The summed E-state index contributed by atoms with van der Waals surface area (Å²) in [5.41, 5.74) is 4.09. The molecule has 0 aliphatic heterocycles. The molecular formula is C14H23NO2. The van der Waals surface area contributed by atoms with Gasteiger partial charge in [0, 0.05) is 0 Å². The number of aliphatic hydroxyl groups is 1. The zero-order valence-electron chi connectivity index (χ0n) is 11.6. The molecule has 17 heavy (non-hydrogen) atoms. The Labute approximate surface area is 104 Å². The molecule has 0 bridgehead atoms. The number of benzene rings is 1. The zero-order valence-corrected chi connectivity index (χ0v) is 11.6. The third kappa shape index (κ3) is 2.91. The molecule has 96 valence electrons. The summed E-state index contributed by atoms with van der Waals surface area (Å²) in [4.78, 5) is 0. The summed E-state index contributed by atoms with van der Waals surface area (Å²) in [5, 5.41) is 12.7. The van der Waals surface area contributed by atoms with Gasteiger partial charge in [0.2, 0.25) is 0 Å². The van der Waals surface area contributed by atoms with Crippen LogP contribution in [0, 0.1) is 20.8 Å². The van der Waals surface area contributed by atoms with Gasteiger partial charge in [-0.1, -0.05) is 6.07 Å². The van der Waals surface area contributed by atoms with Crippen LogP contribution in [0.15, 0.2) is 6.07 Å². The Kier molecular flexibility index (Phi) is 4.04. The monoisotopic (exact) mass is 237 g/mol. The highest BCUT2D eigenvalue weighted by molar-refractivity contribution is 5.67. The van der Waals surface area contributed by atoms with E-state index in [0.29, 0.717) is 0 Å². The molecule has 0 unspecified atom stereocenters. The van der Waals surface area contributed by atoms with Gasteiger partial charge in [-0.25, -0.2) is 0 Å². The Morgan fingerprint density at radius 1 is 1.24 bits per heavy atom. The molecular weight excluding hydrogens is 214 g/mol. The first-order chi connectivity index (χ1) is 7.82. The van der Waals surface area contributed by atoms with Crippen molar-refractivity contribution in [1.29, 1.82) is 0 Å². The number of hydrogen-bond donors (Lipinski definition) is 2. The summed E-state index contributed by atoms with van der Waals surface area (Å²) in [6.07, 6.45) is 0. The van der Waals surface area contributed by atoms with Gasteiger partial charge in [0.1, 0.15) is 5.75 Å². The van der Waals surface area contributed by atoms with Gasteiger partial charge >= 0.3 is 0 Å². The predicted molar refractivity (Wildman–Crippen MR) is 72.0 cm³/mol. The number of nitrogens with one attached hydrogen (secondary N) is 1. The second-order valence-electron chi connectivity index (χ2n) is 5.21. The molecule has 0 fully saturated rings. The summed E-state index contributed by atoms with van der Waals surface area (Å²) in [6, 6.07) is 2.13. The molecule has 0 amide bonds. The van der Waals surface area contributed by atoms with Crippen LogP contribution >= 0.6 is 0 Å². The molecule has 0 heterocycles. The van der Waals surface area contributed by atoms with Gasteiger partial charge in [-0.3, -0.25) is 0 Å². The van der Waals surface area contributed by atoms with Crippen LogP contribution in [0.2, 0.25) is 0 Å². The molecule has 0 aromatic heterocycles. The highest BCUT2D eigenvalue weighted by Gasteiger charge is 2.20. The molecule has 0 aliphatic rings. The first kappa shape index (κ1) is 13.8. The molecule has 0 aliphatic carbocycles. The van der Waals surface area contributed by atoms with Crippen molar-refractivity contribution in [1.82, 2.24) is 0 Å². The molecule has 3 nitrogen and oxygen atoms in total. The summed E-state index contributed by atoms with van der Waals surface area (Å²) in [5.74, 6) is 0.865. The quantitative estimate of drug-likeness (QED) is 0.846.